The molecule has 0 unspecified atom stereocenters. The molecule has 0 amide bonds. The molecule has 0 saturated heterocycles. The first-order chi connectivity index (χ1) is 12.7. The predicted octanol–water partition coefficient (Wildman–Crippen LogP) is 3.09. The van der Waals surface area contributed by atoms with E-state index in [1.807, 2.05) is 0 Å². The zero-order valence-corrected chi connectivity index (χ0v) is 13.8. The van der Waals surface area contributed by atoms with Crippen molar-refractivity contribution in [2.45, 2.75) is 6.67 Å². The molecule has 0 fully saturated rings. The number of nitrogens with zero attached hydrogens (tertiary/aromatic N) is 3. The molecule has 4 aromatic rings. The fourth-order valence-corrected chi connectivity index (χ4v) is 2.71. The summed E-state index contributed by atoms with van der Waals surface area (Å²) in [6.07, 6.45) is 0. The van der Waals surface area contributed by atoms with E-state index in [4.69, 9.17) is 4.74 Å². The fourth-order valence-electron chi connectivity index (χ4n) is 2.71. The van der Waals surface area contributed by atoms with Crippen LogP contribution in [-0.2, 0) is 6.67 Å². The van der Waals surface area contributed by atoms with Gasteiger partial charge >= 0.3 is 0 Å². The van der Waals surface area contributed by atoms with Crippen LogP contribution < -0.4 is 15.6 Å². The van der Waals surface area contributed by atoms with E-state index >= 15 is 0 Å². The number of para-hydroxylation sites is 1. The van der Waals surface area contributed by atoms with Crippen molar-refractivity contribution in [1.82, 2.24) is 19.9 Å². The lowest BCUT2D eigenvalue weighted by Gasteiger charge is -2.09. The Kier molecular flexibility index (Phi) is 3.92. The Bertz CT molecular complexity index is 1180. The van der Waals surface area contributed by atoms with Crippen molar-refractivity contribution in [3.05, 3.63) is 58.5 Å². The molecule has 0 aliphatic rings. The van der Waals surface area contributed by atoms with Crippen LogP contribution in [0.4, 0.5) is 16.3 Å². The molecule has 2 aromatic heterocycles. The third-order valence-corrected chi connectivity index (χ3v) is 3.95. The van der Waals surface area contributed by atoms with Crippen LogP contribution in [0.15, 0.2) is 47.3 Å². The second-order valence-corrected chi connectivity index (χ2v) is 5.57. The summed E-state index contributed by atoms with van der Waals surface area (Å²) >= 11 is 0. The van der Waals surface area contributed by atoms with Gasteiger partial charge in [0.1, 0.15) is 12.4 Å². The summed E-state index contributed by atoms with van der Waals surface area (Å²) in [4.78, 5) is 27.7. The van der Waals surface area contributed by atoms with Crippen molar-refractivity contribution in [3.8, 4) is 5.75 Å². The third-order valence-electron chi connectivity index (χ3n) is 3.95. The van der Waals surface area contributed by atoms with E-state index in [1.54, 1.807) is 42.5 Å². The monoisotopic (exact) mass is 351 g/mol. The van der Waals surface area contributed by atoms with Gasteiger partial charge in [-0.15, -0.1) is 0 Å². The maximum atomic E-state index is 13.4. The van der Waals surface area contributed by atoms with Crippen molar-refractivity contribution in [1.29, 1.82) is 0 Å². The largest absolute Gasteiger partial charge is 0.497 e. The number of alkyl halides is 1. The van der Waals surface area contributed by atoms with E-state index in [-0.39, 0.29) is 23.1 Å². The maximum absolute atomic E-state index is 13.4. The molecule has 2 heterocycles. The number of rotatable bonds is 4. The van der Waals surface area contributed by atoms with Gasteiger partial charge in [-0.25, -0.2) is 19.3 Å². The molecule has 26 heavy (non-hydrogen) atoms. The van der Waals surface area contributed by atoms with E-state index in [1.165, 1.54) is 7.11 Å². The Morgan fingerprint density at radius 3 is 2.69 bits per heavy atom. The minimum Gasteiger partial charge on any atom is -0.497 e. The molecular formula is C18H14FN5O2. The average Bonchev–Trinajstić information content (AvgIpc) is 2.67. The molecule has 0 saturated carbocycles. The highest BCUT2D eigenvalue weighted by Crippen LogP contribution is 2.24. The lowest BCUT2D eigenvalue weighted by atomic mass is 10.2. The highest BCUT2D eigenvalue weighted by molar-refractivity contribution is 5.84. The number of H-pyrrole nitrogens is 1. The number of halogens is 1. The SMILES string of the molecule is COc1ccc2nc(Nc3nc4ccccc4c(=O)[nH]3)nc(CF)c2c1. The van der Waals surface area contributed by atoms with Gasteiger partial charge in [0.05, 0.1) is 29.2 Å². The van der Waals surface area contributed by atoms with Gasteiger partial charge in [-0.05, 0) is 30.3 Å². The predicted molar refractivity (Wildman–Crippen MR) is 96.5 cm³/mol. The lowest BCUT2D eigenvalue weighted by molar-refractivity contribution is 0.415. The number of aromatic amines is 1. The van der Waals surface area contributed by atoms with Gasteiger partial charge in [-0.1, -0.05) is 12.1 Å². The summed E-state index contributed by atoms with van der Waals surface area (Å²) in [5.41, 5.74) is 1.03. The van der Waals surface area contributed by atoms with E-state index < -0.39 is 6.67 Å². The normalized spacial score (nSPS) is 11.0. The second kappa shape index (κ2) is 6.40. The quantitative estimate of drug-likeness (QED) is 0.587. The molecule has 0 spiro atoms. The van der Waals surface area contributed by atoms with E-state index in [2.05, 4.69) is 25.3 Å². The zero-order valence-electron chi connectivity index (χ0n) is 13.8. The first-order valence-corrected chi connectivity index (χ1v) is 7.84. The standard InChI is InChI=1S/C18H14FN5O2/c1-26-10-6-7-14-12(8-10)15(9-19)22-17(21-14)24-18-20-13-5-3-2-4-11(13)16(25)23-18/h2-8H,9H2,1H3,(H2,20,21,22,23,24,25). The minimum atomic E-state index is -0.761. The Labute approximate surface area is 146 Å². The Hall–Kier alpha value is -3.55. The molecule has 2 N–H and O–H groups in total. The smallest absolute Gasteiger partial charge is 0.260 e. The molecule has 0 atom stereocenters. The molecule has 0 radical (unpaired) electrons. The van der Waals surface area contributed by atoms with Gasteiger partial charge < -0.3 is 4.74 Å². The zero-order chi connectivity index (χ0) is 18.1. The summed E-state index contributed by atoms with van der Waals surface area (Å²) in [7, 11) is 1.54. The number of benzene rings is 2. The van der Waals surface area contributed by atoms with Gasteiger partial charge in [0.25, 0.3) is 5.56 Å². The number of hydrogen-bond donors (Lipinski definition) is 2. The van der Waals surface area contributed by atoms with Gasteiger partial charge in [0, 0.05) is 5.39 Å². The number of fused-ring (bicyclic) bond motifs is 2. The molecule has 130 valence electrons. The fraction of sp³-hybridized carbons (Fsp3) is 0.111. The third kappa shape index (κ3) is 2.81. The lowest BCUT2D eigenvalue weighted by Crippen LogP contribution is -2.12. The molecular weight excluding hydrogens is 337 g/mol. The Balaban J connectivity index is 1.79. The van der Waals surface area contributed by atoms with Gasteiger partial charge in [0.2, 0.25) is 11.9 Å². The summed E-state index contributed by atoms with van der Waals surface area (Å²) in [5, 5.41) is 3.89. The molecule has 8 heteroatoms. The minimum absolute atomic E-state index is 0.147. The average molecular weight is 351 g/mol. The molecule has 0 bridgehead atoms. The summed E-state index contributed by atoms with van der Waals surface area (Å²) in [5.74, 6) is 0.928. The highest BCUT2D eigenvalue weighted by atomic mass is 19.1. The van der Waals surface area contributed by atoms with Crippen molar-refractivity contribution in [2.24, 2.45) is 0 Å². The van der Waals surface area contributed by atoms with Crippen molar-refractivity contribution in [2.75, 3.05) is 12.4 Å². The van der Waals surface area contributed by atoms with Crippen LogP contribution in [0.25, 0.3) is 21.8 Å². The number of nitrogens with one attached hydrogen (secondary N) is 2. The van der Waals surface area contributed by atoms with Crippen LogP contribution in [-0.4, -0.2) is 27.0 Å². The summed E-state index contributed by atoms with van der Waals surface area (Å²) < 4.78 is 18.6. The van der Waals surface area contributed by atoms with Crippen LogP contribution in [0.1, 0.15) is 5.69 Å². The van der Waals surface area contributed by atoms with Crippen LogP contribution in [0.3, 0.4) is 0 Å². The van der Waals surface area contributed by atoms with E-state index in [0.29, 0.717) is 27.6 Å². The highest BCUT2D eigenvalue weighted by Gasteiger charge is 2.11. The van der Waals surface area contributed by atoms with Gasteiger partial charge in [-0.3, -0.25) is 15.1 Å². The summed E-state index contributed by atoms with van der Waals surface area (Å²) in [6, 6.07) is 12.1. The number of methoxy groups -OCH3 is 1. The van der Waals surface area contributed by atoms with Crippen LogP contribution in [0.2, 0.25) is 0 Å². The molecule has 0 aliphatic heterocycles. The van der Waals surface area contributed by atoms with Gasteiger partial charge in [0.15, 0.2) is 0 Å². The maximum Gasteiger partial charge on any atom is 0.260 e. The summed E-state index contributed by atoms with van der Waals surface area (Å²) in [6.45, 7) is -0.761. The Morgan fingerprint density at radius 2 is 1.88 bits per heavy atom. The first-order valence-electron chi connectivity index (χ1n) is 7.84. The molecule has 0 aliphatic carbocycles. The number of aromatic nitrogens is 4. The van der Waals surface area contributed by atoms with Crippen LogP contribution in [0, 0.1) is 0 Å². The molecule has 7 nitrogen and oxygen atoms in total. The number of hydrogen-bond acceptors (Lipinski definition) is 6. The van der Waals surface area contributed by atoms with Crippen molar-refractivity contribution in [3.63, 3.8) is 0 Å². The van der Waals surface area contributed by atoms with E-state index in [9.17, 15) is 9.18 Å². The van der Waals surface area contributed by atoms with Crippen molar-refractivity contribution < 1.29 is 9.13 Å². The first kappa shape index (κ1) is 15.9. The molecule has 4 rings (SSSR count). The van der Waals surface area contributed by atoms with Crippen molar-refractivity contribution >= 4 is 33.7 Å². The van der Waals surface area contributed by atoms with E-state index in [0.717, 1.165) is 0 Å². The number of ether oxygens (including phenoxy) is 1. The van der Waals surface area contributed by atoms with Crippen LogP contribution in [0.5, 0.6) is 5.75 Å². The molecule has 2 aromatic carbocycles. The van der Waals surface area contributed by atoms with Crippen LogP contribution >= 0.6 is 0 Å². The number of anilines is 2. The topological polar surface area (TPSA) is 92.8 Å². The Morgan fingerprint density at radius 1 is 1.08 bits per heavy atom. The second-order valence-electron chi connectivity index (χ2n) is 5.57. The van der Waals surface area contributed by atoms with Gasteiger partial charge in [-0.2, -0.15) is 0 Å².